The summed E-state index contributed by atoms with van der Waals surface area (Å²) >= 11 is 1.72. The van der Waals surface area contributed by atoms with Gasteiger partial charge in [-0.3, -0.25) is 4.90 Å². The number of imidazole rings is 1. The van der Waals surface area contributed by atoms with E-state index in [4.69, 9.17) is 9.72 Å². The van der Waals surface area contributed by atoms with Crippen molar-refractivity contribution in [2.45, 2.75) is 17.6 Å². The summed E-state index contributed by atoms with van der Waals surface area (Å²) in [7, 11) is 0. The minimum absolute atomic E-state index is 0.0502. The number of fused-ring (bicyclic) bond motifs is 1. The highest BCUT2D eigenvalue weighted by atomic mass is 32.2. The molecule has 0 N–H and O–H groups in total. The number of amides is 1. The molecule has 2 aliphatic rings. The summed E-state index contributed by atoms with van der Waals surface area (Å²) < 4.78 is 21.0. The average molecular weight is 419 g/mol. The van der Waals surface area contributed by atoms with Crippen molar-refractivity contribution in [1.29, 1.82) is 0 Å². The number of ether oxygens (including phenoxy) is 1. The number of para-hydroxylation sites is 1. The van der Waals surface area contributed by atoms with Gasteiger partial charge in [-0.2, -0.15) is 0 Å². The Morgan fingerprint density at radius 3 is 2.53 bits per heavy atom. The van der Waals surface area contributed by atoms with E-state index >= 15 is 0 Å². The predicted molar refractivity (Wildman–Crippen MR) is 114 cm³/mol. The highest BCUT2D eigenvalue weighted by Gasteiger charge is 2.27. The zero-order chi connectivity index (χ0) is 20.5. The third kappa shape index (κ3) is 3.52. The van der Waals surface area contributed by atoms with Crippen LogP contribution in [-0.2, 0) is 6.54 Å². The Hall–Kier alpha value is -3.32. The van der Waals surface area contributed by atoms with Crippen molar-refractivity contribution in [3.63, 3.8) is 0 Å². The van der Waals surface area contributed by atoms with Gasteiger partial charge < -0.3 is 9.30 Å². The zero-order valence-corrected chi connectivity index (χ0v) is 16.8. The SMILES string of the molecule is O=C(Oc1ccccc1)N1C=CC(c2c(-c3ccc(F)cc3)nc3n2CCS3)C=C1. The van der Waals surface area contributed by atoms with Gasteiger partial charge in [-0.1, -0.05) is 42.1 Å². The van der Waals surface area contributed by atoms with Gasteiger partial charge in [-0.25, -0.2) is 14.2 Å². The fourth-order valence-electron chi connectivity index (χ4n) is 3.59. The van der Waals surface area contributed by atoms with Crippen LogP contribution in [0.25, 0.3) is 11.3 Å². The molecule has 0 radical (unpaired) electrons. The van der Waals surface area contributed by atoms with Crippen molar-refractivity contribution in [3.8, 4) is 17.0 Å². The fraction of sp³-hybridized carbons (Fsp3) is 0.130. The lowest BCUT2D eigenvalue weighted by Gasteiger charge is -2.21. The molecular weight excluding hydrogens is 401 g/mol. The first-order chi connectivity index (χ1) is 14.7. The van der Waals surface area contributed by atoms with Gasteiger partial charge in [0.2, 0.25) is 0 Å². The van der Waals surface area contributed by atoms with Crippen LogP contribution in [0.5, 0.6) is 5.75 Å². The molecule has 0 saturated heterocycles. The van der Waals surface area contributed by atoms with E-state index in [0.717, 1.165) is 34.4 Å². The molecule has 5 rings (SSSR count). The van der Waals surface area contributed by atoms with Gasteiger partial charge in [-0.15, -0.1) is 0 Å². The number of hydrogen-bond acceptors (Lipinski definition) is 4. The molecule has 0 saturated carbocycles. The first-order valence-corrected chi connectivity index (χ1v) is 10.6. The Morgan fingerprint density at radius 2 is 1.80 bits per heavy atom. The van der Waals surface area contributed by atoms with Crippen LogP contribution in [0.3, 0.4) is 0 Å². The summed E-state index contributed by atoms with van der Waals surface area (Å²) in [5.41, 5.74) is 2.77. The second-order valence-electron chi connectivity index (χ2n) is 6.93. The van der Waals surface area contributed by atoms with Crippen LogP contribution in [0, 0.1) is 5.82 Å². The largest absolute Gasteiger partial charge is 0.423 e. The molecule has 0 atom stereocenters. The first kappa shape index (κ1) is 18.7. The van der Waals surface area contributed by atoms with Crippen molar-refractivity contribution in [1.82, 2.24) is 14.5 Å². The summed E-state index contributed by atoms with van der Waals surface area (Å²) in [5.74, 6) is 1.15. The van der Waals surface area contributed by atoms with Crippen molar-refractivity contribution < 1.29 is 13.9 Å². The third-order valence-electron chi connectivity index (χ3n) is 5.02. The molecule has 3 aromatic rings. The van der Waals surface area contributed by atoms with E-state index in [0.29, 0.717) is 5.75 Å². The number of nitrogens with zero attached hydrogens (tertiary/aromatic N) is 3. The van der Waals surface area contributed by atoms with Crippen LogP contribution in [-0.4, -0.2) is 26.3 Å². The molecule has 1 amide bonds. The normalized spacial score (nSPS) is 15.4. The lowest BCUT2D eigenvalue weighted by atomic mass is 9.98. The van der Waals surface area contributed by atoms with Crippen LogP contribution in [0.1, 0.15) is 11.6 Å². The third-order valence-corrected chi connectivity index (χ3v) is 5.97. The summed E-state index contributed by atoms with van der Waals surface area (Å²) in [6, 6.07) is 15.4. The smallest absolute Gasteiger partial charge is 0.410 e. The Labute approximate surface area is 177 Å². The lowest BCUT2D eigenvalue weighted by Crippen LogP contribution is -2.25. The molecule has 0 spiro atoms. The van der Waals surface area contributed by atoms with Gasteiger partial charge >= 0.3 is 6.09 Å². The fourth-order valence-corrected chi connectivity index (χ4v) is 4.55. The predicted octanol–water partition coefficient (Wildman–Crippen LogP) is 5.42. The molecule has 1 aromatic heterocycles. The number of allylic oxidation sites excluding steroid dienone is 2. The van der Waals surface area contributed by atoms with Crippen molar-refractivity contribution >= 4 is 17.9 Å². The summed E-state index contributed by atoms with van der Waals surface area (Å²) in [4.78, 5) is 18.6. The van der Waals surface area contributed by atoms with Crippen molar-refractivity contribution in [2.75, 3.05) is 5.75 Å². The van der Waals surface area contributed by atoms with E-state index in [1.54, 1.807) is 48.4 Å². The Bertz CT molecular complexity index is 1130. The maximum Gasteiger partial charge on any atom is 0.423 e. The molecule has 2 aromatic carbocycles. The van der Waals surface area contributed by atoms with Crippen molar-refractivity contribution in [2.24, 2.45) is 0 Å². The highest BCUT2D eigenvalue weighted by Crippen LogP contribution is 2.38. The maximum atomic E-state index is 13.4. The molecule has 0 bridgehead atoms. The number of carbonyl (C=O) groups excluding carboxylic acids is 1. The van der Waals surface area contributed by atoms with Crippen molar-refractivity contribution in [3.05, 3.63) is 90.7 Å². The van der Waals surface area contributed by atoms with Gasteiger partial charge in [0.05, 0.1) is 11.4 Å². The van der Waals surface area contributed by atoms with Crippen LogP contribution in [0.4, 0.5) is 9.18 Å². The average Bonchev–Trinajstić information content (AvgIpc) is 3.36. The number of benzene rings is 2. The Kier molecular flexibility index (Phi) is 4.88. The molecule has 5 nitrogen and oxygen atoms in total. The molecular formula is C23H18FN3O2S. The highest BCUT2D eigenvalue weighted by molar-refractivity contribution is 7.99. The number of hydrogen-bond donors (Lipinski definition) is 0. The topological polar surface area (TPSA) is 47.4 Å². The number of thioether (sulfide) groups is 1. The Morgan fingerprint density at radius 1 is 1.07 bits per heavy atom. The second kappa shape index (κ2) is 7.84. The van der Waals surface area contributed by atoms with E-state index < -0.39 is 6.09 Å². The standard InChI is InChI=1S/C23H18FN3O2S/c24-18-8-6-16(7-9-18)20-21(27-14-15-30-22(27)25-20)17-10-12-26(13-11-17)23(28)29-19-4-2-1-3-5-19/h1-13,17H,14-15H2. The first-order valence-electron chi connectivity index (χ1n) is 9.60. The van der Waals surface area contributed by atoms with E-state index in [1.807, 2.05) is 30.4 Å². The van der Waals surface area contributed by atoms with Gasteiger partial charge in [0.25, 0.3) is 0 Å². The maximum absolute atomic E-state index is 13.4. The van der Waals surface area contributed by atoms with E-state index in [2.05, 4.69) is 4.57 Å². The van der Waals surface area contributed by atoms with Gasteiger partial charge in [-0.05, 0) is 36.4 Å². The molecule has 7 heteroatoms. The number of aromatic nitrogens is 2. The number of rotatable bonds is 3. The molecule has 0 unspecified atom stereocenters. The molecule has 30 heavy (non-hydrogen) atoms. The van der Waals surface area contributed by atoms with Gasteiger partial charge in [0.1, 0.15) is 11.6 Å². The van der Waals surface area contributed by atoms with Crippen LogP contribution < -0.4 is 4.74 Å². The minimum Gasteiger partial charge on any atom is -0.410 e. The molecule has 0 aliphatic carbocycles. The summed E-state index contributed by atoms with van der Waals surface area (Å²) in [6.07, 6.45) is 6.86. The van der Waals surface area contributed by atoms with E-state index in [1.165, 1.54) is 17.0 Å². The number of halogens is 1. The second-order valence-corrected chi connectivity index (χ2v) is 7.99. The monoisotopic (exact) mass is 419 g/mol. The lowest BCUT2D eigenvalue weighted by molar-refractivity contribution is 0.181. The molecule has 150 valence electrons. The zero-order valence-electron chi connectivity index (χ0n) is 15.9. The van der Waals surface area contributed by atoms with Crippen LogP contribution in [0.15, 0.2) is 84.3 Å². The van der Waals surface area contributed by atoms with E-state index in [9.17, 15) is 9.18 Å². The molecule has 3 heterocycles. The molecule has 0 fully saturated rings. The minimum atomic E-state index is -0.472. The van der Waals surface area contributed by atoms with E-state index in [-0.39, 0.29) is 11.7 Å². The molecule has 2 aliphatic heterocycles. The summed E-state index contributed by atoms with van der Waals surface area (Å²) in [5, 5.41) is 0.969. The Balaban J connectivity index is 1.41. The van der Waals surface area contributed by atoms with Gasteiger partial charge in [0.15, 0.2) is 5.16 Å². The summed E-state index contributed by atoms with van der Waals surface area (Å²) in [6.45, 7) is 0.876. The van der Waals surface area contributed by atoms with Gasteiger partial charge in [0, 0.05) is 36.2 Å². The van der Waals surface area contributed by atoms with Crippen LogP contribution in [0.2, 0.25) is 0 Å². The quantitative estimate of drug-likeness (QED) is 0.569. The number of carbonyl (C=O) groups is 1. The van der Waals surface area contributed by atoms with Crippen LogP contribution >= 0.6 is 11.8 Å².